The van der Waals surface area contributed by atoms with Crippen LogP contribution >= 0.6 is 0 Å². The second-order valence-corrected chi connectivity index (χ2v) is 2.50. The second-order valence-electron chi connectivity index (χ2n) is 2.50. The van der Waals surface area contributed by atoms with Crippen molar-refractivity contribution in [2.75, 3.05) is 0 Å². The summed E-state index contributed by atoms with van der Waals surface area (Å²) in [6.45, 7) is 6.38. The van der Waals surface area contributed by atoms with Gasteiger partial charge < -0.3 is 0 Å². The summed E-state index contributed by atoms with van der Waals surface area (Å²) in [4.78, 5) is 0. The Kier molecular flexibility index (Phi) is 6.25. The molecule has 0 rings (SSSR count). The summed E-state index contributed by atoms with van der Waals surface area (Å²) >= 11 is 0. The minimum atomic E-state index is 0.751. The Balaban J connectivity index is 3.60. The Labute approximate surface area is 64.6 Å². The Bertz CT molecular complexity index is 109. The maximum absolute atomic E-state index is 2.28. The van der Waals surface area contributed by atoms with Crippen LogP contribution in [0.15, 0.2) is 24.3 Å². The SMILES string of the molecule is C/C=C\C(CC)C/C=C/C. The van der Waals surface area contributed by atoms with Crippen molar-refractivity contribution in [1.29, 1.82) is 0 Å². The molecule has 1 atom stereocenters. The van der Waals surface area contributed by atoms with Gasteiger partial charge in [-0.1, -0.05) is 31.2 Å². The molecule has 0 saturated heterocycles. The van der Waals surface area contributed by atoms with Crippen LogP contribution in [-0.4, -0.2) is 0 Å². The first-order chi connectivity index (χ1) is 4.85. The van der Waals surface area contributed by atoms with E-state index in [1.165, 1.54) is 12.8 Å². The van der Waals surface area contributed by atoms with Crippen molar-refractivity contribution in [3.63, 3.8) is 0 Å². The number of rotatable bonds is 4. The summed E-state index contributed by atoms with van der Waals surface area (Å²) in [6.07, 6.45) is 11.2. The first-order valence-corrected chi connectivity index (χ1v) is 4.09. The topological polar surface area (TPSA) is 0 Å². The summed E-state index contributed by atoms with van der Waals surface area (Å²) in [5.41, 5.74) is 0. The molecule has 0 fully saturated rings. The molecule has 1 unspecified atom stereocenters. The molecule has 10 heavy (non-hydrogen) atoms. The molecule has 0 amide bonds. The minimum Gasteiger partial charge on any atom is -0.0916 e. The molecule has 0 nitrogen and oxygen atoms in total. The quantitative estimate of drug-likeness (QED) is 0.521. The summed E-state index contributed by atoms with van der Waals surface area (Å²) in [7, 11) is 0. The van der Waals surface area contributed by atoms with Gasteiger partial charge in [-0.25, -0.2) is 0 Å². The average Bonchev–Trinajstić information content (AvgIpc) is 1.98. The zero-order chi connectivity index (χ0) is 7.82. The van der Waals surface area contributed by atoms with Crippen LogP contribution in [0.2, 0.25) is 0 Å². The first kappa shape index (κ1) is 9.48. The van der Waals surface area contributed by atoms with Gasteiger partial charge >= 0.3 is 0 Å². The molecule has 0 heterocycles. The van der Waals surface area contributed by atoms with Crippen LogP contribution in [0.5, 0.6) is 0 Å². The molecule has 0 heteroatoms. The molecule has 0 bridgehead atoms. The van der Waals surface area contributed by atoms with E-state index in [0.717, 1.165) is 5.92 Å². The summed E-state index contributed by atoms with van der Waals surface area (Å²) in [6, 6.07) is 0. The van der Waals surface area contributed by atoms with Crippen LogP contribution in [0.25, 0.3) is 0 Å². The third-order valence-electron chi connectivity index (χ3n) is 1.66. The third-order valence-corrected chi connectivity index (χ3v) is 1.66. The Morgan fingerprint density at radius 2 is 1.90 bits per heavy atom. The molecular weight excluding hydrogens is 120 g/mol. The highest BCUT2D eigenvalue weighted by molar-refractivity contribution is 4.90. The van der Waals surface area contributed by atoms with E-state index in [1.807, 2.05) is 0 Å². The Morgan fingerprint density at radius 3 is 2.30 bits per heavy atom. The molecule has 0 aliphatic carbocycles. The van der Waals surface area contributed by atoms with Gasteiger partial charge in [0.1, 0.15) is 0 Å². The molecule has 0 aliphatic rings. The zero-order valence-electron chi connectivity index (χ0n) is 7.30. The standard InChI is InChI=1S/C10H18/c1-4-7-9-10(6-3)8-5-2/h4-5,7-8,10H,6,9H2,1-3H3/b7-4+,8-5-. The van der Waals surface area contributed by atoms with Crippen LogP contribution in [0.3, 0.4) is 0 Å². The van der Waals surface area contributed by atoms with E-state index in [2.05, 4.69) is 45.1 Å². The predicted molar refractivity (Wildman–Crippen MR) is 48.0 cm³/mol. The molecule has 0 aliphatic heterocycles. The van der Waals surface area contributed by atoms with Crippen LogP contribution in [-0.2, 0) is 0 Å². The average molecular weight is 138 g/mol. The summed E-state index contributed by atoms with van der Waals surface area (Å²) < 4.78 is 0. The molecule has 0 aromatic heterocycles. The van der Waals surface area contributed by atoms with E-state index in [1.54, 1.807) is 0 Å². The molecule has 0 spiro atoms. The lowest BCUT2D eigenvalue weighted by Crippen LogP contribution is -1.90. The van der Waals surface area contributed by atoms with Crippen molar-refractivity contribution >= 4 is 0 Å². The third kappa shape index (κ3) is 4.37. The molecule has 0 saturated carbocycles. The Hall–Kier alpha value is -0.520. The second kappa shape index (κ2) is 6.60. The molecule has 0 aromatic carbocycles. The predicted octanol–water partition coefficient (Wildman–Crippen LogP) is 3.55. The lowest BCUT2D eigenvalue weighted by molar-refractivity contribution is 0.637. The van der Waals surface area contributed by atoms with E-state index in [0.29, 0.717) is 0 Å². The van der Waals surface area contributed by atoms with Crippen LogP contribution < -0.4 is 0 Å². The van der Waals surface area contributed by atoms with E-state index in [-0.39, 0.29) is 0 Å². The lowest BCUT2D eigenvalue weighted by atomic mass is 10.0. The van der Waals surface area contributed by atoms with Gasteiger partial charge in [-0.2, -0.15) is 0 Å². The van der Waals surface area contributed by atoms with Crippen LogP contribution in [0, 0.1) is 5.92 Å². The maximum Gasteiger partial charge on any atom is -0.0202 e. The highest BCUT2D eigenvalue weighted by Gasteiger charge is 1.95. The molecule has 0 N–H and O–H groups in total. The van der Waals surface area contributed by atoms with Gasteiger partial charge in [0.15, 0.2) is 0 Å². The van der Waals surface area contributed by atoms with E-state index >= 15 is 0 Å². The fourth-order valence-corrected chi connectivity index (χ4v) is 0.964. The largest absolute Gasteiger partial charge is 0.0916 e. The zero-order valence-corrected chi connectivity index (χ0v) is 7.30. The maximum atomic E-state index is 2.28. The molecule has 58 valence electrons. The normalized spacial score (nSPS) is 15.1. The fraction of sp³-hybridized carbons (Fsp3) is 0.600. The van der Waals surface area contributed by atoms with Gasteiger partial charge in [-0.05, 0) is 32.6 Å². The first-order valence-electron chi connectivity index (χ1n) is 4.09. The number of hydrogen-bond donors (Lipinski definition) is 0. The highest BCUT2D eigenvalue weighted by atomic mass is 14.0. The van der Waals surface area contributed by atoms with Crippen molar-refractivity contribution in [1.82, 2.24) is 0 Å². The van der Waals surface area contributed by atoms with E-state index < -0.39 is 0 Å². The highest BCUT2D eigenvalue weighted by Crippen LogP contribution is 2.09. The Morgan fingerprint density at radius 1 is 1.20 bits per heavy atom. The van der Waals surface area contributed by atoms with Gasteiger partial charge in [-0.3, -0.25) is 0 Å². The van der Waals surface area contributed by atoms with Crippen molar-refractivity contribution in [3.8, 4) is 0 Å². The van der Waals surface area contributed by atoms with Crippen LogP contribution in [0.4, 0.5) is 0 Å². The summed E-state index contributed by atoms with van der Waals surface area (Å²) in [5, 5.41) is 0. The van der Waals surface area contributed by atoms with Crippen molar-refractivity contribution < 1.29 is 0 Å². The van der Waals surface area contributed by atoms with Gasteiger partial charge in [0, 0.05) is 0 Å². The molecule has 0 aromatic rings. The fourth-order valence-electron chi connectivity index (χ4n) is 0.964. The number of hydrogen-bond acceptors (Lipinski definition) is 0. The monoisotopic (exact) mass is 138 g/mol. The smallest absolute Gasteiger partial charge is 0.0202 e. The van der Waals surface area contributed by atoms with Gasteiger partial charge in [0.05, 0.1) is 0 Å². The minimum absolute atomic E-state index is 0.751. The lowest BCUT2D eigenvalue weighted by Gasteiger charge is -2.04. The van der Waals surface area contributed by atoms with Crippen molar-refractivity contribution in [2.24, 2.45) is 5.92 Å². The van der Waals surface area contributed by atoms with E-state index in [9.17, 15) is 0 Å². The van der Waals surface area contributed by atoms with Crippen molar-refractivity contribution in [2.45, 2.75) is 33.6 Å². The number of allylic oxidation sites excluding steroid dienone is 4. The van der Waals surface area contributed by atoms with Gasteiger partial charge in [-0.15, -0.1) is 0 Å². The van der Waals surface area contributed by atoms with Crippen LogP contribution in [0.1, 0.15) is 33.6 Å². The molecule has 0 radical (unpaired) electrons. The summed E-state index contributed by atoms with van der Waals surface area (Å²) in [5.74, 6) is 0.751. The van der Waals surface area contributed by atoms with Gasteiger partial charge in [0.2, 0.25) is 0 Å². The van der Waals surface area contributed by atoms with E-state index in [4.69, 9.17) is 0 Å². The van der Waals surface area contributed by atoms with Gasteiger partial charge in [0.25, 0.3) is 0 Å². The molecular formula is C10H18. The van der Waals surface area contributed by atoms with Crippen molar-refractivity contribution in [3.05, 3.63) is 24.3 Å².